The zero-order valence-corrected chi connectivity index (χ0v) is 39.4. The summed E-state index contributed by atoms with van der Waals surface area (Å²) in [5.74, 6) is -0.952. The monoisotopic (exact) mass is 907 g/mol. The number of allylic oxidation sites excluding steroid dienone is 4. The maximum absolute atomic E-state index is 12.8. The van der Waals surface area contributed by atoms with Crippen LogP contribution in [-0.4, -0.2) is 64.5 Å². The van der Waals surface area contributed by atoms with Crippen LogP contribution in [0.3, 0.4) is 0 Å². The molecule has 63 heavy (non-hydrogen) atoms. The third kappa shape index (κ3) is 28.7. The number of nitro groups is 1. The fourth-order valence-corrected chi connectivity index (χ4v) is 7.76. The van der Waals surface area contributed by atoms with Crippen molar-refractivity contribution >= 4 is 42.2 Å². The predicted molar refractivity (Wildman–Crippen MR) is 248 cm³/mol. The molecule has 0 spiro atoms. The zero-order valence-electron chi connectivity index (χ0n) is 38.5. The highest BCUT2D eigenvalue weighted by atomic mass is 31.2. The number of fused-ring (bicyclic) bond motifs is 1. The van der Waals surface area contributed by atoms with Crippen LogP contribution in [0.4, 0.5) is 11.4 Å². The Morgan fingerprint density at radius 3 is 1.70 bits per heavy atom. The van der Waals surface area contributed by atoms with Crippen molar-refractivity contribution in [2.75, 3.05) is 31.7 Å². The van der Waals surface area contributed by atoms with Gasteiger partial charge < -0.3 is 19.7 Å². The summed E-state index contributed by atoms with van der Waals surface area (Å²) in [7, 11) is -4.63. The van der Waals surface area contributed by atoms with Crippen LogP contribution in [-0.2, 0) is 32.7 Å². The molecule has 0 saturated heterocycles. The molecule has 358 valence electrons. The largest absolute Gasteiger partial charge is 0.472 e. The molecule has 0 aliphatic rings. The SMILES string of the molecule is CCCCCCCC/C=C/CCCCCCCC(=O)OCC(COP(=O)(O)OCCNc1ccc([N+](=O)[O-])c2nonc12)OC(=O)CCCCCCC/C=C/CCCCCCCC. The second-order valence-corrected chi connectivity index (χ2v) is 17.8. The summed E-state index contributed by atoms with van der Waals surface area (Å²) in [6.07, 6.45) is 38.1. The molecule has 1 aromatic carbocycles. The van der Waals surface area contributed by atoms with Crippen molar-refractivity contribution in [3.8, 4) is 0 Å². The Hall–Kier alpha value is -3.65. The van der Waals surface area contributed by atoms with Gasteiger partial charge in [0, 0.05) is 25.5 Å². The first-order valence-electron chi connectivity index (χ1n) is 24.1. The van der Waals surface area contributed by atoms with E-state index < -0.39 is 37.4 Å². The molecule has 0 saturated carbocycles. The van der Waals surface area contributed by atoms with Gasteiger partial charge in [0.15, 0.2) is 11.6 Å². The third-order valence-electron chi connectivity index (χ3n) is 10.7. The van der Waals surface area contributed by atoms with Crippen molar-refractivity contribution in [1.82, 2.24) is 10.3 Å². The number of nitrogens with zero attached hydrogens (tertiary/aromatic N) is 3. The minimum absolute atomic E-state index is 0.00395. The van der Waals surface area contributed by atoms with E-state index in [2.05, 4.69) is 58.4 Å². The number of carbonyl (C=O) groups is 2. The Kier molecular flexibility index (Phi) is 32.3. The van der Waals surface area contributed by atoms with E-state index in [1.54, 1.807) is 0 Å². The van der Waals surface area contributed by atoms with Gasteiger partial charge >= 0.3 is 25.4 Å². The number of nitrogens with one attached hydrogen (secondary N) is 1. The van der Waals surface area contributed by atoms with E-state index in [0.29, 0.717) is 18.5 Å². The lowest BCUT2D eigenvalue weighted by Gasteiger charge is -2.20. The van der Waals surface area contributed by atoms with Crippen LogP contribution in [0, 0.1) is 10.1 Å². The van der Waals surface area contributed by atoms with Crippen LogP contribution in [0.2, 0.25) is 0 Å². The van der Waals surface area contributed by atoms with Gasteiger partial charge in [-0.25, -0.2) is 9.19 Å². The molecule has 0 aliphatic heterocycles. The summed E-state index contributed by atoms with van der Waals surface area (Å²) >= 11 is 0. The average molecular weight is 907 g/mol. The van der Waals surface area contributed by atoms with E-state index in [1.165, 1.54) is 89.2 Å². The van der Waals surface area contributed by atoms with Crippen molar-refractivity contribution in [3.05, 3.63) is 46.6 Å². The maximum Gasteiger partial charge on any atom is 0.472 e. The zero-order chi connectivity index (χ0) is 45.6. The number of ether oxygens (including phenoxy) is 2. The lowest BCUT2D eigenvalue weighted by atomic mass is 10.1. The lowest BCUT2D eigenvalue weighted by molar-refractivity contribution is -0.383. The minimum atomic E-state index is -4.63. The topological polar surface area (TPSA) is 202 Å². The molecule has 2 atom stereocenters. The van der Waals surface area contributed by atoms with Gasteiger partial charge in [0.25, 0.3) is 0 Å². The molecule has 2 unspecified atom stereocenters. The third-order valence-corrected chi connectivity index (χ3v) is 11.7. The summed E-state index contributed by atoms with van der Waals surface area (Å²) in [4.78, 5) is 46.4. The van der Waals surface area contributed by atoms with Gasteiger partial charge in [-0.15, -0.1) is 0 Å². The summed E-state index contributed by atoms with van der Waals surface area (Å²) in [6.45, 7) is 3.31. The maximum atomic E-state index is 12.8. The van der Waals surface area contributed by atoms with Gasteiger partial charge in [-0.1, -0.05) is 141 Å². The first-order valence-corrected chi connectivity index (χ1v) is 25.6. The van der Waals surface area contributed by atoms with Crippen molar-refractivity contribution in [2.24, 2.45) is 0 Å². The summed E-state index contributed by atoms with van der Waals surface area (Å²) in [5.41, 5.74) is 0.132. The number of non-ortho nitro benzene ring substituents is 1. The molecular weight excluding hydrogens is 828 g/mol. The highest BCUT2D eigenvalue weighted by Crippen LogP contribution is 2.43. The van der Waals surface area contributed by atoms with E-state index in [0.717, 1.165) is 77.0 Å². The van der Waals surface area contributed by atoms with Gasteiger partial charge in [0.1, 0.15) is 6.61 Å². The van der Waals surface area contributed by atoms with Gasteiger partial charge in [-0.3, -0.25) is 28.8 Å². The second kappa shape index (κ2) is 36.7. The first-order chi connectivity index (χ1) is 30.7. The Morgan fingerprint density at radius 1 is 0.698 bits per heavy atom. The summed E-state index contributed by atoms with van der Waals surface area (Å²) in [5, 5.41) is 21.4. The number of nitro benzene ring substituents is 1. The van der Waals surface area contributed by atoms with Crippen LogP contribution < -0.4 is 5.32 Å². The number of anilines is 1. The van der Waals surface area contributed by atoms with Gasteiger partial charge in [-0.05, 0) is 80.6 Å². The van der Waals surface area contributed by atoms with Crippen molar-refractivity contribution in [1.29, 1.82) is 0 Å². The van der Waals surface area contributed by atoms with Crippen LogP contribution >= 0.6 is 7.82 Å². The number of carbonyl (C=O) groups excluding carboxylic acids is 2. The normalized spacial score (nSPS) is 13.2. The van der Waals surface area contributed by atoms with Crippen LogP contribution in [0.25, 0.3) is 11.0 Å². The number of rotatable bonds is 42. The smallest absolute Gasteiger partial charge is 0.462 e. The van der Waals surface area contributed by atoms with E-state index >= 15 is 0 Å². The average Bonchev–Trinajstić information content (AvgIpc) is 3.76. The molecule has 0 aliphatic carbocycles. The minimum Gasteiger partial charge on any atom is -0.462 e. The highest BCUT2D eigenvalue weighted by Gasteiger charge is 2.26. The molecule has 2 N–H and O–H groups in total. The molecule has 2 rings (SSSR count). The number of aromatic nitrogens is 2. The highest BCUT2D eigenvalue weighted by molar-refractivity contribution is 7.47. The van der Waals surface area contributed by atoms with Gasteiger partial charge in [-0.2, -0.15) is 0 Å². The van der Waals surface area contributed by atoms with Crippen LogP contribution in [0.5, 0.6) is 0 Å². The molecule has 16 heteroatoms. The predicted octanol–water partition coefficient (Wildman–Crippen LogP) is 13.2. The molecule has 1 heterocycles. The molecule has 0 bridgehead atoms. The van der Waals surface area contributed by atoms with E-state index in [4.69, 9.17) is 18.5 Å². The Morgan fingerprint density at radius 2 is 1.17 bits per heavy atom. The molecule has 0 radical (unpaired) electrons. The van der Waals surface area contributed by atoms with Gasteiger partial charge in [0.2, 0.25) is 5.52 Å². The van der Waals surface area contributed by atoms with Crippen molar-refractivity contribution in [2.45, 2.75) is 200 Å². The summed E-state index contributed by atoms with van der Waals surface area (Å²) in [6, 6.07) is 2.65. The van der Waals surface area contributed by atoms with Crippen LogP contribution in [0.15, 0.2) is 41.1 Å². The summed E-state index contributed by atoms with van der Waals surface area (Å²) < 4.78 is 38.7. The molecule has 1 aromatic heterocycles. The number of phosphoric acid groups is 1. The van der Waals surface area contributed by atoms with E-state index in [9.17, 15) is 29.2 Å². The Balaban J connectivity index is 1.72. The number of esters is 2. The van der Waals surface area contributed by atoms with E-state index in [-0.39, 0.29) is 49.3 Å². The Labute approximate surface area is 376 Å². The fourth-order valence-electron chi connectivity index (χ4n) is 7.00. The molecule has 0 amide bonds. The fraction of sp³-hybridized carbons (Fsp3) is 0.745. The number of hydrogen-bond acceptors (Lipinski definition) is 13. The first kappa shape index (κ1) is 55.5. The van der Waals surface area contributed by atoms with Gasteiger partial charge in [0.05, 0.1) is 23.8 Å². The number of phosphoric ester groups is 1. The van der Waals surface area contributed by atoms with Crippen molar-refractivity contribution in [3.63, 3.8) is 0 Å². The molecule has 0 fully saturated rings. The quantitative estimate of drug-likeness (QED) is 0.0159. The number of hydrogen-bond donors (Lipinski definition) is 2. The Bertz CT molecular complexity index is 1620. The van der Waals surface area contributed by atoms with E-state index in [1.807, 2.05) is 0 Å². The second-order valence-electron chi connectivity index (χ2n) is 16.3. The molecular formula is C47H79N4O11P. The number of benzene rings is 1. The molecule has 15 nitrogen and oxygen atoms in total. The molecule has 2 aromatic rings. The van der Waals surface area contributed by atoms with Crippen LogP contribution in [0.1, 0.15) is 194 Å². The standard InChI is InChI=1S/C47H79N4O11P/c1-3-5-7-9-11-13-15-17-19-21-23-25-27-29-31-33-44(52)58-39-41(61-45(53)34-32-30-28-26-24-22-20-18-16-14-12-10-8-6-4-2)40-60-63(56,57)59-38-37-48-42-35-36-43(51(54)55)47-46(42)49-62-50-47/h17-20,35-36,41,48H,3-16,21-34,37-40H2,1-2H3,(H,56,57)/b19-17+,20-18+. The number of unbranched alkanes of at least 4 members (excludes halogenated alkanes) is 22. The lowest BCUT2D eigenvalue weighted by Crippen LogP contribution is -2.29. The van der Waals surface area contributed by atoms with Crippen molar-refractivity contribution < 1.29 is 47.1 Å².